The van der Waals surface area contributed by atoms with Crippen LogP contribution in [-0.4, -0.2) is 32.4 Å². The lowest BCUT2D eigenvalue weighted by atomic mass is 10.1. The fraction of sp³-hybridized carbons (Fsp3) is 0.250. The van der Waals surface area contributed by atoms with Gasteiger partial charge in [0.1, 0.15) is 11.6 Å². The molecule has 0 aliphatic rings. The molecule has 0 saturated carbocycles. The van der Waals surface area contributed by atoms with Crippen molar-refractivity contribution < 1.29 is 9.53 Å². The number of amides is 1. The number of nitrogens with zero attached hydrogens (tertiary/aromatic N) is 4. The maximum absolute atomic E-state index is 10.9. The van der Waals surface area contributed by atoms with Gasteiger partial charge < -0.3 is 15.4 Å². The zero-order valence-corrected chi connectivity index (χ0v) is 16.9. The molecule has 2 N–H and O–H groups in total. The second kappa shape index (κ2) is 9.79. The van der Waals surface area contributed by atoms with Gasteiger partial charge in [-0.15, -0.1) is 0 Å². The molecule has 0 spiro atoms. The van der Waals surface area contributed by atoms with Crippen molar-refractivity contribution in [2.45, 2.75) is 26.8 Å². The van der Waals surface area contributed by atoms with E-state index in [0.29, 0.717) is 41.5 Å². The number of rotatable bonds is 8. The van der Waals surface area contributed by atoms with E-state index in [0.717, 1.165) is 17.7 Å². The molecule has 0 radical (unpaired) electrons. The van der Waals surface area contributed by atoms with E-state index >= 15 is 0 Å². The predicted molar refractivity (Wildman–Crippen MR) is 110 cm³/mol. The third-order valence-corrected chi connectivity index (χ3v) is 4.04. The molecule has 1 aromatic carbocycles. The second-order valence-corrected chi connectivity index (χ2v) is 6.74. The highest BCUT2D eigenvalue weighted by Gasteiger charge is 2.06. The van der Waals surface area contributed by atoms with Gasteiger partial charge in [-0.25, -0.2) is 15.0 Å². The molecule has 8 nitrogen and oxygen atoms in total. The van der Waals surface area contributed by atoms with E-state index in [-0.39, 0.29) is 5.91 Å². The summed E-state index contributed by atoms with van der Waals surface area (Å²) in [6, 6.07) is 9.44. The van der Waals surface area contributed by atoms with Crippen molar-refractivity contribution in [1.29, 1.82) is 0 Å². The monoisotopic (exact) mass is 412 g/mol. The second-order valence-electron chi connectivity index (χ2n) is 6.30. The predicted octanol–water partition coefficient (Wildman–Crippen LogP) is 3.31. The lowest BCUT2D eigenvalue weighted by molar-refractivity contribution is -0.118. The minimum absolute atomic E-state index is 0.0306. The number of hydrogen-bond donors (Lipinski definition) is 2. The Morgan fingerprint density at radius 3 is 2.55 bits per heavy atom. The first kappa shape index (κ1) is 20.5. The topological polar surface area (TPSA) is 102 Å². The summed E-state index contributed by atoms with van der Waals surface area (Å²) >= 11 is 5.79. The van der Waals surface area contributed by atoms with E-state index in [4.69, 9.17) is 16.3 Å². The Bertz CT molecular complexity index is 964. The summed E-state index contributed by atoms with van der Waals surface area (Å²) in [4.78, 5) is 27.8. The van der Waals surface area contributed by atoms with Gasteiger partial charge in [0, 0.05) is 19.5 Å². The van der Waals surface area contributed by atoms with Crippen molar-refractivity contribution in [3.05, 3.63) is 64.8 Å². The standard InChI is InChI=1S/C20H21ClN6O2/c1-13-26-17(12-25-20-23-10-16(21)11-24-20)9-19(27-13)29-18-5-3-15(4-6-18)7-8-22-14(2)28/h3-6,9-11H,7-8,12H2,1-2H3,(H,22,28)(H,23,24,25). The Morgan fingerprint density at radius 1 is 1.14 bits per heavy atom. The molecule has 0 aliphatic carbocycles. The van der Waals surface area contributed by atoms with Gasteiger partial charge in [-0.05, 0) is 31.0 Å². The van der Waals surface area contributed by atoms with Crippen LogP contribution in [0.5, 0.6) is 11.6 Å². The number of ether oxygens (including phenoxy) is 1. The molecule has 9 heteroatoms. The lowest BCUT2D eigenvalue weighted by Crippen LogP contribution is -2.22. The van der Waals surface area contributed by atoms with Crippen molar-refractivity contribution >= 4 is 23.5 Å². The van der Waals surface area contributed by atoms with E-state index in [2.05, 4.69) is 30.6 Å². The molecular formula is C20H21ClN6O2. The molecule has 0 fully saturated rings. The minimum Gasteiger partial charge on any atom is -0.439 e. The Balaban J connectivity index is 1.60. The lowest BCUT2D eigenvalue weighted by Gasteiger charge is -2.09. The van der Waals surface area contributed by atoms with Crippen LogP contribution in [0.2, 0.25) is 5.02 Å². The number of aromatic nitrogens is 4. The molecule has 3 aromatic rings. The van der Waals surface area contributed by atoms with Crippen molar-refractivity contribution in [3.8, 4) is 11.6 Å². The van der Waals surface area contributed by atoms with Gasteiger partial charge in [0.25, 0.3) is 0 Å². The van der Waals surface area contributed by atoms with Crippen LogP contribution < -0.4 is 15.4 Å². The molecule has 1 amide bonds. The molecule has 2 aromatic heterocycles. The largest absolute Gasteiger partial charge is 0.439 e. The summed E-state index contributed by atoms with van der Waals surface area (Å²) in [6.45, 7) is 4.34. The number of carbonyl (C=O) groups excluding carboxylic acids is 1. The highest BCUT2D eigenvalue weighted by molar-refractivity contribution is 6.30. The summed E-state index contributed by atoms with van der Waals surface area (Å²) in [5.74, 6) is 2.16. The Morgan fingerprint density at radius 2 is 1.86 bits per heavy atom. The molecule has 3 rings (SSSR count). The Hall–Kier alpha value is -3.26. The van der Waals surface area contributed by atoms with Gasteiger partial charge in [0.2, 0.25) is 17.7 Å². The Labute approximate surface area is 173 Å². The zero-order valence-electron chi connectivity index (χ0n) is 16.1. The number of aryl methyl sites for hydroxylation is 1. The summed E-state index contributed by atoms with van der Waals surface area (Å²) in [5, 5.41) is 6.34. The van der Waals surface area contributed by atoms with Crippen LogP contribution in [0.4, 0.5) is 5.95 Å². The van der Waals surface area contributed by atoms with E-state index in [9.17, 15) is 4.79 Å². The average Bonchev–Trinajstić information content (AvgIpc) is 2.68. The molecule has 0 bridgehead atoms. The third-order valence-electron chi connectivity index (χ3n) is 3.85. The highest BCUT2D eigenvalue weighted by atomic mass is 35.5. The zero-order chi connectivity index (χ0) is 20.6. The van der Waals surface area contributed by atoms with E-state index in [1.807, 2.05) is 24.3 Å². The average molecular weight is 413 g/mol. The molecule has 150 valence electrons. The van der Waals surface area contributed by atoms with Crippen LogP contribution in [0, 0.1) is 6.92 Å². The van der Waals surface area contributed by atoms with Crippen LogP contribution >= 0.6 is 11.6 Å². The van der Waals surface area contributed by atoms with Crippen LogP contribution in [0.3, 0.4) is 0 Å². The number of halogens is 1. The van der Waals surface area contributed by atoms with E-state index in [1.165, 1.54) is 19.3 Å². The van der Waals surface area contributed by atoms with Crippen LogP contribution in [-0.2, 0) is 17.8 Å². The summed E-state index contributed by atoms with van der Waals surface area (Å²) < 4.78 is 5.87. The van der Waals surface area contributed by atoms with Gasteiger partial charge in [-0.1, -0.05) is 23.7 Å². The van der Waals surface area contributed by atoms with Gasteiger partial charge in [0.05, 0.1) is 29.7 Å². The number of anilines is 1. The molecule has 29 heavy (non-hydrogen) atoms. The third kappa shape index (κ3) is 6.69. The van der Waals surface area contributed by atoms with E-state index < -0.39 is 0 Å². The van der Waals surface area contributed by atoms with Crippen LogP contribution in [0.15, 0.2) is 42.7 Å². The van der Waals surface area contributed by atoms with Gasteiger partial charge in [-0.2, -0.15) is 4.98 Å². The minimum atomic E-state index is -0.0306. The first-order chi connectivity index (χ1) is 14.0. The maximum atomic E-state index is 10.9. The molecule has 0 unspecified atom stereocenters. The van der Waals surface area contributed by atoms with Crippen molar-refractivity contribution in [1.82, 2.24) is 25.3 Å². The van der Waals surface area contributed by atoms with Crippen molar-refractivity contribution in [2.24, 2.45) is 0 Å². The van der Waals surface area contributed by atoms with Gasteiger partial charge in [-0.3, -0.25) is 4.79 Å². The quantitative estimate of drug-likeness (QED) is 0.585. The van der Waals surface area contributed by atoms with Crippen molar-refractivity contribution in [3.63, 3.8) is 0 Å². The van der Waals surface area contributed by atoms with Crippen LogP contribution in [0.1, 0.15) is 24.0 Å². The number of hydrogen-bond acceptors (Lipinski definition) is 7. The molecule has 0 saturated heterocycles. The fourth-order valence-electron chi connectivity index (χ4n) is 2.54. The highest BCUT2D eigenvalue weighted by Crippen LogP contribution is 2.21. The molecule has 0 atom stereocenters. The number of benzene rings is 1. The van der Waals surface area contributed by atoms with Crippen molar-refractivity contribution in [2.75, 3.05) is 11.9 Å². The maximum Gasteiger partial charge on any atom is 0.222 e. The summed E-state index contributed by atoms with van der Waals surface area (Å²) in [6.07, 6.45) is 3.81. The van der Waals surface area contributed by atoms with Crippen LogP contribution in [0.25, 0.3) is 0 Å². The molecule has 0 aliphatic heterocycles. The summed E-state index contributed by atoms with van der Waals surface area (Å²) in [7, 11) is 0. The number of carbonyl (C=O) groups is 1. The molecule has 2 heterocycles. The SMILES string of the molecule is CC(=O)NCCc1ccc(Oc2cc(CNc3ncc(Cl)cn3)nc(C)n2)cc1. The van der Waals surface area contributed by atoms with Gasteiger partial charge in [0.15, 0.2) is 0 Å². The normalized spacial score (nSPS) is 10.4. The molecular weight excluding hydrogens is 392 g/mol. The van der Waals surface area contributed by atoms with Gasteiger partial charge >= 0.3 is 0 Å². The summed E-state index contributed by atoms with van der Waals surface area (Å²) in [5.41, 5.74) is 1.86. The smallest absolute Gasteiger partial charge is 0.222 e. The first-order valence-electron chi connectivity index (χ1n) is 9.05. The first-order valence-corrected chi connectivity index (χ1v) is 9.43. The van der Waals surface area contributed by atoms with E-state index in [1.54, 1.807) is 13.0 Å². The fourth-order valence-corrected chi connectivity index (χ4v) is 2.64. The number of nitrogens with one attached hydrogen (secondary N) is 2. The Kier molecular flexibility index (Phi) is 6.91.